The Kier molecular flexibility index (Phi) is 10.7. The number of benzene rings is 2. The maximum atomic E-state index is 12.5. The summed E-state index contributed by atoms with van der Waals surface area (Å²) in [6, 6.07) is 9.29. The van der Waals surface area contributed by atoms with E-state index in [0.717, 1.165) is 37.3 Å². The second-order valence-corrected chi connectivity index (χ2v) is 6.75. The van der Waals surface area contributed by atoms with Crippen molar-refractivity contribution in [2.45, 2.75) is 12.4 Å². The third-order valence-corrected chi connectivity index (χ3v) is 4.98. The van der Waals surface area contributed by atoms with E-state index in [1.807, 2.05) is 6.07 Å². The quantitative estimate of drug-likeness (QED) is 0.608. The molecule has 3 rings (SSSR count). The normalized spacial score (nSPS) is 15.1. The molecule has 2 aromatic carbocycles. The van der Waals surface area contributed by atoms with Crippen LogP contribution in [-0.2, 0) is 0 Å². The lowest BCUT2D eigenvalue weighted by atomic mass is 9.95. The van der Waals surface area contributed by atoms with Crippen molar-refractivity contribution in [3.05, 3.63) is 47.5 Å². The van der Waals surface area contributed by atoms with Gasteiger partial charge in [0, 0.05) is 37.8 Å². The fraction of sp³-hybridized carbons (Fsp3) is 0.429. The Morgan fingerprint density at radius 2 is 1.38 bits per heavy atom. The lowest BCUT2D eigenvalue weighted by molar-refractivity contribution is -0.274. The van der Waals surface area contributed by atoms with Crippen molar-refractivity contribution >= 4 is 24.8 Å². The first-order valence-electron chi connectivity index (χ1n) is 9.46. The molecule has 1 saturated heterocycles. The number of rotatable bonds is 7. The summed E-state index contributed by atoms with van der Waals surface area (Å²) in [7, 11) is 4.67. The van der Waals surface area contributed by atoms with E-state index in [4.69, 9.17) is 14.2 Å². The summed E-state index contributed by atoms with van der Waals surface area (Å²) in [4.78, 5) is 2.25. The molecule has 0 aromatic heterocycles. The molecular weight excluding hydrogens is 472 g/mol. The minimum Gasteiger partial charge on any atom is -0.496 e. The van der Waals surface area contributed by atoms with Crippen LogP contribution in [0.3, 0.4) is 0 Å². The fourth-order valence-electron chi connectivity index (χ4n) is 3.65. The fourth-order valence-corrected chi connectivity index (χ4v) is 3.65. The molecule has 0 amide bonds. The SMILES string of the molecule is COc1cc(OC)c([C@@H](c2ccc(OC(F)(F)F)cc2)N2CCNCC2)cc1OC.Cl.Cl. The second-order valence-electron chi connectivity index (χ2n) is 6.75. The maximum absolute atomic E-state index is 12.5. The van der Waals surface area contributed by atoms with Gasteiger partial charge in [-0.3, -0.25) is 4.90 Å². The average Bonchev–Trinajstić information content (AvgIpc) is 2.74. The molecule has 1 aliphatic heterocycles. The van der Waals surface area contributed by atoms with Gasteiger partial charge in [0.25, 0.3) is 0 Å². The van der Waals surface area contributed by atoms with E-state index in [1.54, 1.807) is 39.5 Å². The molecule has 0 saturated carbocycles. The van der Waals surface area contributed by atoms with Crippen LogP contribution in [0, 0.1) is 0 Å². The van der Waals surface area contributed by atoms with Gasteiger partial charge in [-0.1, -0.05) is 12.1 Å². The number of ether oxygens (including phenoxy) is 4. The van der Waals surface area contributed by atoms with Crippen LogP contribution in [0.1, 0.15) is 17.2 Å². The van der Waals surface area contributed by atoms with Crippen LogP contribution in [-0.4, -0.2) is 58.8 Å². The van der Waals surface area contributed by atoms with E-state index in [0.29, 0.717) is 17.2 Å². The molecule has 1 fully saturated rings. The lowest BCUT2D eigenvalue weighted by Crippen LogP contribution is -2.45. The standard InChI is InChI=1S/C21H25F3N2O4.2ClH/c1-27-17-13-19(29-3)18(28-2)12-16(17)20(26-10-8-25-9-11-26)14-4-6-15(7-5-14)30-21(22,23)24;;/h4-7,12-13,20,25H,8-11H2,1-3H3;2*1H/t20-;;/m1../s1. The number of hydrogen-bond acceptors (Lipinski definition) is 6. The molecule has 1 atom stereocenters. The molecule has 0 bridgehead atoms. The van der Waals surface area contributed by atoms with Gasteiger partial charge < -0.3 is 24.3 Å². The van der Waals surface area contributed by atoms with Gasteiger partial charge in [-0.05, 0) is 23.8 Å². The minimum atomic E-state index is -4.73. The van der Waals surface area contributed by atoms with Gasteiger partial charge >= 0.3 is 6.36 Å². The molecule has 0 unspecified atom stereocenters. The predicted octanol–water partition coefficient (Wildman–Crippen LogP) is 4.45. The number of alkyl halides is 3. The number of hydrogen-bond donors (Lipinski definition) is 1. The van der Waals surface area contributed by atoms with E-state index < -0.39 is 6.36 Å². The van der Waals surface area contributed by atoms with Crippen LogP contribution in [0.5, 0.6) is 23.0 Å². The number of methoxy groups -OCH3 is 3. The van der Waals surface area contributed by atoms with E-state index in [1.165, 1.54) is 12.1 Å². The molecule has 1 aliphatic rings. The smallest absolute Gasteiger partial charge is 0.496 e. The van der Waals surface area contributed by atoms with Crippen LogP contribution < -0.4 is 24.3 Å². The summed E-state index contributed by atoms with van der Waals surface area (Å²) in [5.74, 6) is 1.42. The number of nitrogens with one attached hydrogen (secondary N) is 1. The summed E-state index contributed by atoms with van der Waals surface area (Å²) in [5, 5.41) is 3.31. The Balaban J connectivity index is 0.00000256. The van der Waals surface area contributed by atoms with Crippen molar-refractivity contribution in [1.82, 2.24) is 10.2 Å². The maximum Gasteiger partial charge on any atom is 0.573 e. The van der Waals surface area contributed by atoms with Crippen LogP contribution in [0.2, 0.25) is 0 Å². The Hall–Kier alpha value is -2.07. The highest BCUT2D eigenvalue weighted by Gasteiger charge is 2.32. The molecule has 0 radical (unpaired) electrons. The molecule has 6 nitrogen and oxygen atoms in total. The van der Waals surface area contributed by atoms with Crippen molar-refractivity contribution < 1.29 is 32.1 Å². The number of halogens is 5. The van der Waals surface area contributed by atoms with Gasteiger partial charge in [0.1, 0.15) is 11.5 Å². The predicted molar refractivity (Wildman–Crippen MR) is 120 cm³/mol. The molecule has 1 heterocycles. The molecule has 180 valence electrons. The Morgan fingerprint density at radius 1 is 0.844 bits per heavy atom. The third kappa shape index (κ3) is 6.71. The van der Waals surface area contributed by atoms with E-state index in [9.17, 15) is 13.2 Å². The van der Waals surface area contributed by atoms with Crippen LogP contribution in [0.4, 0.5) is 13.2 Å². The van der Waals surface area contributed by atoms with Crippen molar-refractivity contribution in [1.29, 1.82) is 0 Å². The molecular formula is C21H27Cl2F3N2O4. The summed E-state index contributed by atoms with van der Waals surface area (Å²) >= 11 is 0. The van der Waals surface area contributed by atoms with Crippen LogP contribution in [0.25, 0.3) is 0 Å². The number of nitrogens with zero attached hydrogens (tertiary/aromatic N) is 1. The lowest BCUT2D eigenvalue weighted by Gasteiger charge is -2.36. The van der Waals surface area contributed by atoms with Crippen LogP contribution in [0.15, 0.2) is 36.4 Å². The molecule has 11 heteroatoms. The largest absolute Gasteiger partial charge is 0.573 e. The first-order chi connectivity index (χ1) is 14.4. The zero-order valence-electron chi connectivity index (χ0n) is 17.9. The Bertz CT molecular complexity index is 848. The first kappa shape index (κ1) is 28.0. The molecule has 2 aromatic rings. The highest BCUT2D eigenvalue weighted by Crippen LogP contribution is 2.42. The molecule has 1 N–H and O–H groups in total. The zero-order valence-corrected chi connectivity index (χ0v) is 19.5. The molecule has 0 spiro atoms. The van der Waals surface area contributed by atoms with E-state index >= 15 is 0 Å². The first-order valence-corrected chi connectivity index (χ1v) is 9.46. The minimum absolute atomic E-state index is 0. The topological polar surface area (TPSA) is 52.2 Å². The summed E-state index contributed by atoms with van der Waals surface area (Å²) in [5.41, 5.74) is 1.65. The van der Waals surface area contributed by atoms with E-state index in [2.05, 4.69) is 15.0 Å². The molecule has 0 aliphatic carbocycles. The van der Waals surface area contributed by atoms with Gasteiger partial charge in [0.15, 0.2) is 11.5 Å². The van der Waals surface area contributed by atoms with Gasteiger partial charge in [0.05, 0.1) is 27.4 Å². The van der Waals surface area contributed by atoms with Gasteiger partial charge in [0.2, 0.25) is 0 Å². The Labute approximate surface area is 197 Å². The second kappa shape index (κ2) is 12.2. The monoisotopic (exact) mass is 498 g/mol. The van der Waals surface area contributed by atoms with E-state index in [-0.39, 0.29) is 36.6 Å². The van der Waals surface area contributed by atoms with Crippen LogP contribution >= 0.6 is 24.8 Å². The van der Waals surface area contributed by atoms with Gasteiger partial charge in [-0.2, -0.15) is 0 Å². The molecule has 32 heavy (non-hydrogen) atoms. The third-order valence-electron chi connectivity index (χ3n) is 4.98. The average molecular weight is 499 g/mol. The van der Waals surface area contributed by atoms with Crippen molar-refractivity contribution in [2.24, 2.45) is 0 Å². The van der Waals surface area contributed by atoms with Crippen molar-refractivity contribution in [2.75, 3.05) is 47.5 Å². The summed E-state index contributed by atoms with van der Waals surface area (Å²) in [6.45, 7) is 3.15. The van der Waals surface area contributed by atoms with Gasteiger partial charge in [-0.15, -0.1) is 38.0 Å². The van der Waals surface area contributed by atoms with Crippen molar-refractivity contribution in [3.8, 4) is 23.0 Å². The summed E-state index contributed by atoms with van der Waals surface area (Å²) < 4.78 is 58.1. The summed E-state index contributed by atoms with van der Waals surface area (Å²) in [6.07, 6.45) is -4.73. The van der Waals surface area contributed by atoms with Crippen molar-refractivity contribution in [3.63, 3.8) is 0 Å². The number of piperazine rings is 1. The highest BCUT2D eigenvalue weighted by atomic mass is 35.5. The zero-order chi connectivity index (χ0) is 21.7. The highest BCUT2D eigenvalue weighted by molar-refractivity contribution is 5.85. The Morgan fingerprint density at radius 3 is 1.88 bits per heavy atom. The van der Waals surface area contributed by atoms with Gasteiger partial charge in [-0.25, -0.2) is 0 Å².